The van der Waals surface area contributed by atoms with E-state index in [0.717, 1.165) is 28.6 Å². The van der Waals surface area contributed by atoms with Crippen molar-refractivity contribution in [2.24, 2.45) is 0 Å². The van der Waals surface area contributed by atoms with Crippen LogP contribution in [0.4, 0.5) is 0 Å². The molecule has 1 unspecified atom stereocenters. The Morgan fingerprint density at radius 1 is 1.05 bits per heavy atom. The van der Waals surface area contributed by atoms with E-state index in [9.17, 15) is 18.0 Å². The third-order valence-electron chi connectivity index (χ3n) is 6.37. The summed E-state index contributed by atoms with van der Waals surface area (Å²) < 4.78 is 25.5. The third-order valence-corrected chi connectivity index (χ3v) is 8.40. The molecule has 2 N–H and O–H groups in total. The highest BCUT2D eigenvalue weighted by Crippen LogP contribution is 2.24. The summed E-state index contributed by atoms with van der Waals surface area (Å²) in [6, 6.07) is 14.6. The molecule has 0 saturated carbocycles. The zero-order valence-electron chi connectivity index (χ0n) is 20.3. The third kappa shape index (κ3) is 5.65. The molecule has 37 heavy (non-hydrogen) atoms. The Kier molecular flexibility index (Phi) is 7.32. The van der Waals surface area contributed by atoms with Crippen molar-refractivity contribution in [2.45, 2.75) is 31.2 Å². The summed E-state index contributed by atoms with van der Waals surface area (Å²) in [5, 5.41) is 17.4. The van der Waals surface area contributed by atoms with Crippen molar-refractivity contribution in [3.05, 3.63) is 89.2 Å². The van der Waals surface area contributed by atoms with Crippen LogP contribution in [0.2, 0.25) is 0 Å². The van der Waals surface area contributed by atoms with Gasteiger partial charge in [0, 0.05) is 43.0 Å². The van der Waals surface area contributed by atoms with Crippen LogP contribution >= 0.6 is 0 Å². The molecule has 0 aliphatic rings. The van der Waals surface area contributed by atoms with Crippen molar-refractivity contribution in [3.8, 4) is 22.4 Å². The normalized spacial score (nSPS) is 13.2. The van der Waals surface area contributed by atoms with Crippen LogP contribution in [0.3, 0.4) is 0 Å². The Balaban J connectivity index is 1.47. The molecule has 12 heteroatoms. The van der Waals surface area contributed by atoms with Crippen LogP contribution in [-0.4, -0.2) is 55.1 Å². The highest BCUT2D eigenvalue weighted by Gasteiger charge is 2.43. The first kappa shape index (κ1) is 25.9. The SMILES string of the molecule is CC(CCn1ccc(-c2ccc(-c3cn(Cc4ccncc4)nn3)cc2)cc1=O)(C(=O)NO)S(C)(=O)=O. The number of hydrogen-bond donors (Lipinski definition) is 2. The number of benzene rings is 1. The van der Waals surface area contributed by atoms with Crippen LogP contribution in [0.25, 0.3) is 22.4 Å². The zero-order valence-corrected chi connectivity index (χ0v) is 21.1. The number of pyridine rings is 2. The number of carbonyl (C=O) groups is 1. The Labute approximate surface area is 213 Å². The second-order valence-corrected chi connectivity index (χ2v) is 11.3. The Bertz CT molecular complexity index is 1570. The number of aryl methyl sites for hydroxylation is 1. The summed E-state index contributed by atoms with van der Waals surface area (Å²) in [4.78, 5) is 28.7. The summed E-state index contributed by atoms with van der Waals surface area (Å²) in [5.74, 6) is -1.04. The van der Waals surface area contributed by atoms with Crippen molar-refractivity contribution in [2.75, 3.05) is 6.26 Å². The van der Waals surface area contributed by atoms with Gasteiger partial charge < -0.3 is 4.57 Å². The van der Waals surface area contributed by atoms with Gasteiger partial charge in [-0.05, 0) is 48.2 Å². The summed E-state index contributed by atoms with van der Waals surface area (Å²) in [7, 11) is -3.85. The highest BCUT2D eigenvalue weighted by molar-refractivity contribution is 7.92. The Morgan fingerprint density at radius 3 is 2.35 bits per heavy atom. The topological polar surface area (TPSA) is 149 Å². The van der Waals surface area contributed by atoms with E-state index >= 15 is 0 Å². The second kappa shape index (κ2) is 10.4. The van der Waals surface area contributed by atoms with Crippen molar-refractivity contribution < 1.29 is 18.4 Å². The van der Waals surface area contributed by atoms with E-state index in [0.29, 0.717) is 12.1 Å². The lowest BCUT2D eigenvalue weighted by molar-refractivity contribution is -0.131. The van der Waals surface area contributed by atoms with Crippen LogP contribution in [0.1, 0.15) is 18.9 Å². The summed E-state index contributed by atoms with van der Waals surface area (Å²) in [5.41, 5.74) is 5.22. The number of hydrogen-bond acceptors (Lipinski definition) is 8. The smallest absolute Gasteiger partial charge is 0.264 e. The number of aromatic nitrogens is 5. The Hall–Kier alpha value is -4.16. The van der Waals surface area contributed by atoms with Crippen molar-refractivity contribution in [1.82, 2.24) is 30.0 Å². The summed E-state index contributed by atoms with van der Waals surface area (Å²) in [6.07, 6.45) is 7.60. The lowest BCUT2D eigenvalue weighted by atomic mass is 10.0. The van der Waals surface area contributed by atoms with Gasteiger partial charge in [-0.15, -0.1) is 5.10 Å². The van der Waals surface area contributed by atoms with E-state index < -0.39 is 20.5 Å². The van der Waals surface area contributed by atoms with Gasteiger partial charge in [-0.1, -0.05) is 29.5 Å². The maximum atomic E-state index is 12.7. The number of hydroxylamine groups is 1. The van der Waals surface area contributed by atoms with E-state index in [1.54, 1.807) is 29.3 Å². The number of sulfone groups is 1. The van der Waals surface area contributed by atoms with Gasteiger partial charge in [-0.3, -0.25) is 19.8 Å². The highest BCUT2D eigenvalue weighted by atomic mass is 32.2. The van der Waals surface area contributed by atoms with Crippen LogP contribution in [-0.2, 0) is 27.7 Å². The van der Waals surface area contributed by atoms with Gasteiger partial charge in [-0.25, -0.2) is 18.6 Å². The molecule has 4 aromatic rings. The predicted molar refractivity (Wildman–Crippen MR) is 136 cm³/mol. The minimum Gasteiger partial charge on any atom is -0.315 e. The van der Waals surface area contributed by atoms with Crippen molar-refractivity contribution in [1.29, 1.82) is 0 Å². The van der Waals surface area contributed by atoms with E-state index in [2.05, 4.69) is 15.3 Å². The lowest BCUT2D eigenvalue weighted by Crippen LogP contribution is -2.49. The van der Waals surface area contributed by atoms with Crippen LogP contribution < -0.4 is 11.0 Å². The molecule has 3 aromatic heterocycles. The largest absolute Gasteiger partial charge is 0.315 e. The fraction of sp³-hybridized carbons (Fsp3) is 0.240. The van der Waals surface area contributed by atoms with Gasteiger partial charge in [0.1, 0.15) is 5.69 Å². The van der Waals surface area contributed by atoms with E-state index in [1.807, 2.05) is 42.6 Å². The Morgan fingerprint density at radius 2 is 1.73 bits per heavy atom. The molecular weight excluding hydrogens is 496 g/mol. The molecule has 4 rings (SSSR count). The summed E-state index contributed by atoms with van der Waals surface area (Å²) in [6.45, 7) is 1.77. The first-order chi connectivity index (χ1) is 17.6. The molecule has 0 fully saturated rings. The summed E-state index contributed by atoms with van der Waals surface area (Å²) >= 11 is 0. The molecule has 11 nitrogen and oxygen atoms in total. The molecule has 0 radical (unpaired) electrons. The average molecular weight is 523 g/mol. The molecule has 0 spiro atoms. The molecule has 3 heterocycles. The van der Waals surface area contributed by atoms with Gasteiger partial charge in [0.15, 0.2) is 14.6 Å². The fourth-order valence-electron chi connectivity index (χ4n) is 3.81. The first-order valence-electron chi connectivity index (χ1n) is 11.4. The predicted octanol–water partition coefficient (Wildman–Crippen LogP) is 1.92. The quantitative estimate of drug-likeness (QED) is 0.250. The standard InChI is InChI=1S/C25H26N6O5S/c1-25(24(33)28-34,37(2,35)36)10-14-30-13-9-21(15-23(30)32)19-3-5-20(6-4-19)22-17-31(29-27-22)16-18-7-11-26-12-8-18/h3-9,11-13,15,17,34H,10,14,16H2,1-2H3,(H,28,33). The number of nitrogens with one attached hydrogen (secondary N) is 1. The van der Waals surface area contributed by atoms with E-state index in [1.165, 1.54) is 23.0 Å². The van der Waals surface area contributed by atoms with Crippen LogP contribution in [0, 0.1) is 0 Å². The molecule has 0 aliphatic carbocycles. The van der Waals surface area contributed by atoms with Gasteiger partial charge in [-0.2, -0.15) is 0 Å². The zero-order chi connectivity index (χ0) is 26.6. The molecule has 0 saturated heterocycles. The van der Waals surface area contributed by atoms with Crippen molar-refractivity contribution in [3.63, 3.8) is 0 Å². The molecule has 0 bridgehead atoms. The molecule has 192 valence electrons. The van der Waals surface area contributed by atoms with Crippen LogP contribution in [0.5, 0.6) is 0 Å². The number of rotatable bonds is 9. The lowest BCUT2D eigenvalue weighted by Gasteiger charge is -2.25. The molecule has 1 aromatic carbocycles. The van der Waals surface area contributed by atoms with Gasteiger partial charge >= 0.3 is 0 Å². The molecule has 1 amide bonds. The average Bonchev–Trinajstić information content (AvgIpc) is 3.35. The fourth-order valence-corrected chi connectivity index (χ4v) is 4.65. The van der Waals surface area contributed by atoms with Gasteiger partial charge in [0.05, 0.1) is 12.7 Å². The number of amides is 1. The maximum absolute atomic E-state index is 12.7. The van der Waals surface area contributed by atoms with E-state index in [-0.39, 0.29) is 18.5 Å². The molecule has 0 aliphatic heterocycles. The maximum Gasteiger partial charge on any atom is 0.264 e. The van der Waals surface area contributed by atoms with Crippen LogP contribution in [0.15, 0.2) is 78.1 Å². The monoisotopic (exact) mass is 522 g/mol. The van der Waals surface area contributed by atoms with E-state index in [4.69, 9.17) is 5.21 Å². The molecular formula is C25H26N6O5S. The number of carbonyl (C=O) groups excluding carboxylic acids is 1. The number of nitrogens with zero attached hydrogens (tertiary/aromatic N) is 5. The first-order valence-corrected chi connectivity index (χ1v) is 13.2. The molecule has 1 atom stereocenters. The second-order valence-electron chi connectivity index (χ2n) is 8.88. The minimum absolute atomic E-state index is 0.0236. The minimum atomic E-state index is -3.85. The van der Waals surface area contributed by atoms with Gasteiger partial charge in [0.2, 0.25) is 0 Å². The van der Waals surface area contributed by atoms with Gasteiger partial charge in [0.25, 0.3) is 11.5 Å². The van der Waals surface area contributed by atoms with Crippen molar-refractivity contribution >= 4 is 15.7 Å².